The van der Waals surface area contributed by atoms with Crippen molar-refractivity contribution in [1.29, 1.82) is 0 Å². The molecule has 0 aliphatic rings. The summed E-state index contributed by atoms with van der Waals surface area (Å²) in [5.74, 6) is 1.50. The summed E-state index contributed by atoms with van der Waals surface area (Å²) in [7, 11) is 0. The number of amides is 1. The predicted molar refractivity (Wildman–Crippen MR) is 132 cm³/mol. The average molecular weight is 462 g/mol. The summed E-state index contributed by atoms with van der Waals surface area (Å²) in [6.45, 7) is 9.62. The van der Waals surface area contributed by atoms with E-state index in [0.29, 0.717) is 38.2 Å². The molecule has 0 spiro atoms. The Morgan fingerprint density at radius 1 is 1.06 bits per heavy atom. The van der Waals surface area contributed by atoms with Crippen molar-refractivity contribution in [2.75, 3.05) is 19.8 Å². The number of aryl methyl sites for hydroxylation is 2. The molecule has 8 nitrogen and oxygen atoms in total. The fourth-order valence-corrected chi connectivity index (χ4v) is 4.15. The Morgan fingerprint density at radius 3 is 2.65 bits per heavy atom. The number of ether oxygens (including phenoxy) is 2. The third kappa shape index (κ3) is 4.95. The summed E-state index contributed by atoms with van der Waals surface area (Å²) in [6, 6.07) is 9.78. The lowest BCUT2D eigenvalue weighted by Crippen LogP contribution is -2.26. The highest BCUT2D eigenvalue weighted by atomic mass is 16.5. The minimum absolute atomic E-state index is 0.0159. The van der Waals surface area contributed by atoms with E-state index in [4.69, 9.17) is 14.5 Å². The van der Waals surface area contributed by atoms with Gasteiger partial charge in [0.25, 0.3) is 0 Å². The zero-order chi connectivity index (χ0) is 24.1. The van der Waals surface area contributed by atoms with Crippen molar-refractivity contribution in [2.24, 2.45) is 0 Å². The normalized spacial score (nSPS) is 11.2. The summed E-state index contributed by atoms with van der Waals surface area (Å²) in [4.78, 5) is 21.6. The molecule has 0 bridgehead atoms. The van der Waals surface area contributed by atoms with Crippen LogP contribution in [0.2, 0.25) is 0 Å². The molecule has 8 heteroatoms. The molecule has 1 N–H and O–H groups in total. The molecule has 34 heavy (non-hydrogen) atoms. The lowest BCUT2D eigenvalue weighted by molar-refractivity contribution is -0.121. The number of carbonyl (C=O) groups excluding carboxylic acids is 1. The van der Waals surface area contributed by atoms with E-state index in [9.17, 15) is 4.79 Å². The van der Waals surface area contributed by atoms with Gasteiger partial charge in [-0.2, -0.15) is 0 Å². The smallest absolute Gasteiger partial charge is 0.220 e. The third-order valence-corrected chi connectivity index (χ3v) is 5.83. The number of pyridine rings is 1. The minimum atomic E-state index is 0.0159. The van der Waals surface area contributed by atoms with Crippen molar-refractivity contribution in [1.82, 2.24) is 24.9 Å². The van der Waals surface area contributed by atoms with E-state index in [-0.39, 0.29) is 5.91 Å². The van der Waals surface area contributed by atoms with Crippen LogP contribution in [0.15, 0.2) is 36.5 Å². The number of aromatic nitrogens is 4. The van der Waals surface area contributed by atoms with E-state index in [1.54, 1.807) is 6.20 Å². The van der Waals surface area contributed by atoms with Crippen LogP contribution in [0, 0.1) is 13.8 Å². The number of carbonyl (C=O) groups is 1. The Hall–Kier alpha value is -3.68. The number of nitrogens with one attached hydrogen (secondary N) is 1. The maximum absolute atomic E-state index is 12.5. The van der Waals surface area contributed by atoms with E-state index < -0.39 is 0 Å². The quantitative estimate of drug-likeness (QED) is 0.384. The van der Waals surface area contributed by atoms with E-state index in [1.165, 1.54) is 0 Å². The van der Waals surface area contributed by atoms with Crippen molar-refractivity contribution in [3.05, 3.63) is 59.0 Å². The second kappa shape index (κ2) is 10.5. The van der Waals surface area contributed by atoms with Crippen LogP contribution in [0.3, 0.4) is 0 Å². The van der Waals surface area contributed by atoms with Crippen LogP contribution in [0.4, 0.5) is 0 Å². The molecule has 0 radical (unpaired) electrons. The van der Waals surface area contributed by atoms with Gasteiger partial charge in [-0.3, -0.25) is 4.79 Å². The van der Waals surface area contributed by atoms with Crippen LogP contribution < -0.4 is 14.8 Å². The fourth-order valence-electron chi connectivity index (χ4n) is 4.15. The zero-order valence-corrected chi connectivity index (χ0v) is 20.2. The van der Waals surface area contributed by atoms with Gasteiger partial charge in [-0.05, 0) is 75.9 Å². The first kappa shape index (κ1) is 23.5. The Bertz CT molecular complexity index is 1320. The highest BCUT2D eigenvalue weighted by Gasteiger charge is 2.15. The highest BCUT2D eigenvalue weighted by molar-refractivity contribution is 5.89. The van der Waals surface area contributed by atoms with Crippen molar-refractivity contribution < 1.29 is 14.3 Å². The Kier molecular flexibility index (Phi) is 7.25. The van der Waals surface area contributed by atoms with Gasteiger partial charge in [0, 0.05) is 30.6 Å². The predicted octanol–water partition coefficient (Wildman–Crippen LogP) is 3.98. The SMILES string of the molecule is CCOc1ccc(CCNC(=O)CCc2c(C)nc3c4cccnc4nn3c2C)cc1OCC. The van der Waals surface area contributed by atoms with Gasteiger partial charge >= 0.3 is 0 Å². The molecular formula is C26H31N5O3. The van der Waals surface area contributed by atoms with E-state index >= 15 is 0 Å². The van der Waals surface area contributed by atoms with E-state index in [1.807, 2.05) is 62.5 Å². The van der Waals surface area contributed by atoms with Crippen LogP contribution in [-0.2, 0) is 17.6 Å². The number of hydrogen-bond donors (Lipinski definition) is 1. The molecule has 1 aromatic carbocycles. The number of hydrogen-bond acceptors (Lipinski definition) is 6. The molecule has 0 saturated carbocycles. The maximum Gasteiger partial charge on any atom is 0.220 e. The molecule has 0 fully saturated rings. The van der Waals surface area contributed by atoms with E-state index in [0.717, 1.165) is 51.5 Å². The molecule has 0 atom stereocenters. The molecule has 4 aromatic rings. The summed E-state index contributed by atoms with van der Waals surface area (Å²) in [6.07, 6.45) is 3.44. The van der Waals surface area contributed by atoms with Gasteiger partial charge in [0.1, 0.15) is 0 Å². The van der Waals surface area contributed by atoms with Crippen LogP contribution in [-0.4, -0.2) is 45.2 Å². The standard InChI is InChI=1S/C26H31N5O3/c1-5-33-22-11-9-19(16-23(22)34-6-2)13-15-27-24(32)12-10-20-17(3)29-26-21-8-7-14-28-25(21)30-31(26)18(20)4/h7-9,11,14,16H,5-6,10,12-13,15H2,1-4H3,(H,27,32). The second-order valence-electron chi connectivity index (χ2n) is 8.12. The Balaban J connectivity index is 1.36. The Morgan fingerprint density at radius 2 is 1.85 bits per heavy atom. The maximum atomic E-state index is 12.5. The number of benzene rings is 1. The molecule has 0 aliphatic heterocycles. The van der Waals surface area contributed by atoms with Crippen LogP contribution in [0.5, 0.6) is 11.5 Å². The highest BCUT2D eigenvalue weighted by Crippen LogP contribution is 2.28. The molecule has 0 aliphatic carbocycles. The molecule has 3 aromatic heterocycles. The second-order valence-corrected chi connectivity index (χ2v) is 8.12. The monoisotopic (exact) mass is 461 g/mol. The zero-order valence-electron chi connectivity index (χ0n) is 20.2. The lowest BCUT2D eigenvalue weighted by atomic mass is 10.1. The summed E-state index contributed by atoms with van der Waals surface area (Å²) < 4.78 is 13.1. The first-order valence-electron chi connectivity index (χ1n) is 11.8. The fraction of sp³-hybridized carbons (Fsp3) is 0.385. The van der Waals surface area contributed by atoms with Crippen molar-refractivity contribution in [3.63, 3.8) is 0 Å². The van der Waals surface area contributed by atoms with Gasteiger partial charge in [-0.1, -0.05) is 6.07 Å². The van der Waals surface area contributed by atoms with Gasteiger partial charge < -0.3 is 14.8 Å². The minimum Gasteiger partial charge on any atom is -0.490 e. The number of fused-ring (bicyclic) bond motifs is 3. The molecule has 0 unspecified atom stereocenters. The first-order chi connectivity index (χ1) is 16.5. The van der Waals surface area contributed by atoms with Crippen molar-refractivity contribution >= 4 is 22.6 Å². The van der Waals surface area contributed by atoms with Crippen molar-refractivity contribution in [3.8, 4) is 11.5 Å². The van der Waals surface area contributed by atoms with Crippen molar-refractivity contribution in [2.45, 2.75) is 47.0 Å². The van der Waals surface area contributed by atoms with Gasteiger partial charge in [0.2, 0.25) is 5.91 Å². The molecule has 178 valence electrons. The van der Waals surface area contributed by atoms with Gasteiger partial charge in [-0.15, -0.1) is 5.10 Å². The van der Waals surface area contributed by atoms with Crippen LogP contribution in [0.25, 0.3) is 16.7 Å². The lowest BCUT2D eigenvalue weighted by Gasteiger charge is -2.13. The molecule has 4 rings (SSSR count). The number of nitrogens with zero attached hydrogens (tertiary/aromatic N) is 4. The first-order valence-corrected chi connectivity index (χ1v) is 11.8. The van der Waals surface area contributed by atoms with Crippen LogP contribution in [0.1, 0.15) is 42.8 Å². The summed E-state index contributed by atoms with van der Waals surface area (Å²) in [5, 5.41) is 8.54. The largest absolute Gasteiger partial charge is 0.490 e. The van der Waals surface area contributed by atoms with Crippen LogP contribution >= 0.6 is 0 Å². The molecule has 0 saturated heterocycles. The molecular weight excluding hydrogens is 430 g/mol. The molecule has 3 heterocycles. The van der Waals surface area contributed by atoms with Gasteiger partial charge in [-0.25, -0.2) is 14.5 Å². The summed E-state index contributed by atoms with van der Waals surface area (Å²) in [5.41, 5.74) is 5.52. The summed E-state index contributed by atoms with van der Waals surface area (Å²) >= 11 is 0. The number of rotatable bonds is 10. The molecule has 1 amide bonds. The third-order valence-electron chi connectivity index (χ3n) is 5.83. The Labute approximate surface area is 199 Å². The van der Waals surface area contributed by atoms with Gasteiger partial charge in [0.15, 0.2) is 22.8 Å². The average Bonchev–Trinajstić information content (AvgIpc) is 3.19. The van der Waals surface area contributed by atoms with Gasteiger partial charge in [0.05, 0.1) is 18.6 Å². The topological polar surface area (TPSA) is 90.6 Å². The van der Waals surface area contributed by atoms with E-state index in [2.05, 4.69) is 15.4 Å².